The Morgan fingerprint density at radius 3 is 2.71 bits per heavy atom. The Bertz CT molecular complexity index is 1230. The van der Waals surface area contributed by atoms with E-state index >= 15 is 0 Å². The van der Waals surface area contributed by atoms with Crippen LogP contribution < -0.4 is 0 Å². The monoisotopic (exact) mass is 515 g/mol. The number of halogens is 3. The molecule has 182 valence electrons. The minimum atomic E-state index is -2.58. The highest BCUT2D eigenvalue weighted by atomic mass is 35.5. The van der Waals surface area contributed by atoms with Crippen LogP contribution in [0.4, 0.5) is 8.78 Å². The third-order valence-electron chi connectivity index (χ3n) is 6.02. The number of ether oxygens (including phenoxy) is 2. The lowest BCUT2D eigenvalue weighted by Crippen LogP contribution is -2.37. The van der Waals surface area contributed by atoms with Gasteiger partial charge in [0.05, 0.1) is 35.0 Å². The lowest BCUT2D eigenvalue weighted by molar-refractivity contribution is -0.163. The number of benzene rings is 2. The number of nitrogens with zero attached hydrogens (tertiary/aromatic N) is 1. The second-order valence-electron chi connectivity index (χ2n) is 8.51. The Kier molecular flexibility index (Phi) is 7.58. The molecule has 8 heteroatoms. The predicted molar refractivity (Wildman–Crippen MR) is 132 cm³/mol. The summed E-state index contributed by atoms with van der Waals surface area (Å²) >= 11 is 8.02. The second kappa shape index (κ2) is 11.0. The molecule has 5 rings (SSSR count). The maximum Gasteiger partial charge on any atom is 0.264 e. The first-order chi connectivity index (χ1) is 17.0. The summed E-state index contributed by atoms with van der Waals surface area (Å²) in [5.41, 5.74) is 2.69. The quantitative estimate of drug-likeness (QED) is 0.241. The topological polar surface area (TPSA) is 44.5 Å². The van der Waals surface area contributed by atoms with Crippen LogP contribution in [0.1, 0.15) is 40.6 Å². The Hall–Kier alpha value is -2.58. The third kappa shape index (κ3) is 5.98. The summed E-state index contributed by atoms with van der Waals surface area (Å²) in [4.78, 5) is 5.44. The Morgan fingerprint density at radius 2 is 1.94 bits per heavy atom. The van der Waals surface area contributed by atoms with Gasteiger partial charge >= 0.3 is 0 Å². The fourth-order valence-corrected chi connectivity index (χ4v) is 5.33. The minimum absolute atomic E-state index is 0.163. The van der Waals surface area contributed by atoms with Crippen LogP contribution in [0.5, 0.6) is 0 Å². The molecule has 0 aliphatic carbocycles. The molecule has 0 amide bonds. The number of hydrogen-bond donors (Lipinski definition) is 0. The van der Waals surface area contributed by atoms with Gasteiger partial charge in [-0.1, -0.05) is 54.1 Å². The van der Waals surface area contributed by atoms with Gasteiger partial charge in [0, 0.05) is 30.5 Å². The van der Waals surface area contributed by atoms with Gasteiger partial charge in [-0.05, 0) is 34.9 Å². The minimum Gasteiger partial charge on any atom is -0.463 e. The van der Waals surface area contributed by atoms with Crippen LogP contribution in [-0.2, 0) is 22.5 Å². The molecule has 0 N–H and O–H groups in total. The molecule has 3 heterocycles. The molecule has 0 radical (unpaired) electrons. The molecular weight excluding hydrogens is 492 g/mol. The Balaban J connectivity index is 1.31. The van der Waals surface area contributed by atoms with Crippen LogP contribution >= 0.6 is 22.9 Å². The molecule has 0 bridgehead atoms. The summed E-state index contributed by atoms with van der Waals surface area (Å²) in [5.74, 6) is 0.767. The van der Waals surface area contributed by atoms with Gasteiger partial charge < -0.3 is 13.9 Å². The largest absolute Gasteiger partial charge is 0.463 e. The summed E-state index contributed by atoms with van der Waals surface area (Å²) in [6, 6.07) is 19.0. The fraction of sp³-hybridized carbons (Fsp3) is 0.296. The molecule has 2 aromatic heterocycles. The zero-order valence-electron chi connectivity index (χ0n) is 18.8. The molecule has 3 unspecified atom stereocenters. The molecule has 3 atom stereocenters. The molecule has 1 saturated heterocycles. The van der Waals surface area contributed by atoms with Crippen molar-refractivity contribution in [3.63, 3.8) is 0 Å². The van der Waals surface area contributed by atoms with E-state index in [9.17, 15) is 8.78 Å². The SMILES string of the molecule is FC(F)C1CC(OCc2ccccc2)CC(c2ccc(Cl)c(Cc3ncc(-c4ccco4)s3)c2)O1. The highest BCUT2D eigenvalue weighted by molar-refractivity contribution is 7.15. The van der Waals surface area contributed by atoms with Crippen LogP contribution in [0.15, 0.2) is 77.5 Å². The summed E-state index contributed by atoms with van der Waals surface area (Å²) in [5, 5.41) is 1.48. The highest BCUT2D eigenvalue weighted by Gasteiger charge is 2.36. The normalized spacial score (nSPS) is 20.4. The number of aromatic nitrogens is 1. The Labute approximate surface area is 211 Å². The van der Waals surface area contributed by atoms with Gasteiger partial charge in [-0.25, -0.2) is 13.8 Å². The van der Waals surface area contributed by atoms with Crippen LogP contribution in [0.25, 0.3) is 10.6 Å². The summed E-state index contributed by atoms with van der Waals surface area (Å²) < 4.78 is 44.7. The van der Waals surface area contributed by atoms with E-state index in [0.717, 1.165) is 32.3 Å². The number of alkyl halides is 2. The molecule has 4 nitrogen and oxygen atoms in total. The predicted octanol–water partition coefficient (Wildman–Crippen LogP) is 7.72. The van der Waals surface area contributed by atoms with Crippen molar-refractivity contribution >= 4 is 22.9 Å². The van der Waals surface area contributed by atoms with Crippen molar-refractivity contribution in [3.05, 3.63) is 99.8 Å². The van der Waals surface area contributed by atoms with Crippen LogP contribution in [-0.4, -0.2) is 23.6 Å². The van der Waals surface area contributed by atoms with Gasteiger partial charge in [-0.2, -0.15) is 0 Å². The van der Waals surface area contributed by atoms with Crippen molar-refractivity contribution in [1.82, 2.24) is 4.98 Å². The van der Waals surface area contributed by atoms with E-state index in [1.807, 2.05) is 54.6 Å². The zero-order chi connectivity index (χ0) is 24.2. The maximum atomic E-state index is 13.7. The van der Waals surface area contributed by atoms with Crippen molar-refractivity contribution in [3.8, 4) is 10.6 Å². The van der Waals surface area contributed by atoms with E-state index in [-0.39, 0.29) is 12.5 Å². The smallest absolute Gasteiger partial charge is 0.264 e. The molecule has 4 aromatic rings. The van der Waals surface area contributed by atoms with Gasteiger partial charge in [-0.3, -0.25) is 0 Å². The first-order valence-corrected chi connectivity index (χ1v) is 12.6. The van der Waals surface area contributed by atoms with Gasteiger partial charge in [0.15, 0.2) is 0 Å². The van der Waals surface area contributed by atoms with Gasteiger partial charge in [0.2, 0.25) is 0 Å². The van der Waals surface area contributed by atoms with Crippen LogP contribution in [0.3, 0.4) is 0 Å². The molecule has 2 aromatic carbocycles. The van der Waals surface area contributed by atoms with Gasteiger partial charge in [0.25, 0.3) is 6.43 Å². The first-order valence-electron chi connectivity index (χ1n) is 11.4. The van der Waals surface area contributed by atoms with Crippen molar-refractivity contribution in [1.29, 1.82) is 0 Å². The summed E-state index contributed by atoms with van der Waals surface area (Å²) in [6.07, 6.45) is -0.00194. The molecule has 1 aliphatic rings. The molecular formula is C27H24ClF2NO3S. The second-order valence-corrected chi connectivity index (χ2v) is 10.0. The average Bonchev–Trinajstić information content (AvgIpc) is 3.57. The van der Waals surface area contributed by atoms with Crippen molar-refractivity contribution in [2.24, 2.45) is 0 Å². The van der Waals surface area contributed by atoms with E-state index in [4.69, 9.17) is 25.5 Å². The van der Waals surface area contributed by atoms with E-state index < -0.39 is 18.6 Å². The number of furan rings is 1. The van der Waals surface area contributed by atoms with E-state index in [1.165, 1.54) is 11.3 Å². The summed E-state index contributed by atoms with van der Waals surface area (Å²) in [6.45, 7) is 0.377. The lowest BCUT2D eigenvalue weighted by Gasteiger charge is -2.35. The van der Waals surface area contributed by atoms with Gasteiger partial charge in [0.1, 0.15) is 11.9 Å². The highest BCUT2D eigenvalue weighted by Crippen LogP contribution is 2.37. The summed E-state index contributed by atoms with van der Waals surface area (Å²) in [7, 11) is 0. The molecule has 35 heavy (non-hydrogen) atoms. The molecule has 0 spiro atoms. The maximum absolute atomic E-state index is 13.7. The third-order valence-corrected chi connectivity index (χ3v) is 7.40. The molecule has 1 fully saturated rings. The number of thiazole rings is 1. The average molecular weight is 516 g/mol. The first kappa shape index (κ1) is 24.1. The van der Waals surface area contributed by atoms with E-state index in [2.05, 4.69) is 4.98 Å². The Morgan fingerprint density at radius 1 is 1.09 bits per heavy atom. The number of hydrogen-bond acceptors (Lipinski definition) is 5. The van der Waals surface area contributed by atoms with Crippen LogP contribution in [0.2, 0.25) is 5.02 Å². The lowest BCUT2D eigenvalue weighted by atomic mass is 9.94. The standard InChI is InChI=1S/C27H24ClF2NO3S/c28-21-9-8-18(11-19(21)12-26-31-15-25(35-26)22-7-4-10-32-22)23-13-20(14-24(34-23)27(29)30)33-16-17-5-2-1-3-6-17/h1-11,15,20,23-24,27H,12-14,16H2. The van der Waals surface area contributed by atoms with Crippen molar-refractivity contribution in [2.45, 2.75) is 50.6 Å². The van der Waals surface area contributed by atoms with Crippen molar-refractivity contribution in [2.75, 3.05) is 0 Å². The van der Waals surface area contributed by atoms with Gasteiger partial charge in [-0.15, -0.1) is 11.3 Å². The fourth-order valence-electron chi connectivity index (χ4n) is 4.24. The number of rotatable bonds is 8. The van der Waals surface area contributed by atoms with Crippen LogP contribution in [0, 0.1) is 0 Å². The van der Waals surface area contributed by atoms with Crippen molar-refractivity contribution < 1.29 is 22.7 Å². The molecule has 0 saturated carbocycles. The van der Waals surface area contributed by atoms with E-state index in [1.54, 1.807) is 18.5 Å². The van der Waals surface area contributed by atoms with E-state index in [0.29, 0.717) is 24.5 Å². The zero-order valence-corrected chi connectivity index (χ0v) is 20.4. The molecule has 1 aliphatic heterocycles.